The lowest BCUT2D eigenvalue weighted by Crippen LogP contribution is -2.37. The summed E-state index contributed by atoms with van der Waals surface area (Å²) in [6.07, 6.45) is 2.14. The van der Waals surface area contributed by atoms with Gasteiger partial charge in [-0.2, -0.15) is 0 Å². The Morgan fingerprint density at radius 3 is 2.95 bits per heavy atom. The topological polar surface area (TPSA) is 64.6 Å². The number of carbonyl (C=O) groups excluding carboxylic acids is 2. The van der Waals surface area contributed by atoms with E-state index in [4.69, 9.17) is 9.47 Å². The summed E-state index contributed by atoms with van der Waals surface area (Å²) in [4.78, 5) is 23.9. The fourth-order valence-corrected chi connectivity index (χ4v) is 1.84. The van der Waals surface area contributed by atoms with Crippen molar-refractivity contribution in [3.8, 4) is 0 Å². The van der Waals surface area contributed by atoms with Crippen molar-refractivity contribution in [2.24, 2.45) is 0 Å². The van der Waals surface area contributed by atoms with Crippen LogP contribution in [0.5, 0.6) is 0 Å². The lowest BCUT2D eigenvalue weighted by atomic mass is 10.3. The zero-order chi connectivity index (χ0) is 14.1. The number of ether oxygens (including phenoxy) is 2. The predicted octanol–water partition coefficient (Wildman–Crippen LogP) is 1.46. The van der Waals surface area contributed by atoms with Gasteiger partial charge in [-0.1, -0.05) is 6.07 Å². The lowest BCUT2D eigenvalue weighted by molar-refractivity contribution is -0.150. The van der Waals surface area contributed by atoms with Crippen LogP contribution in [0.1, 0.15) is 11.8 Å². The van der Waals surface area contributed by atoms with Crippen molar-refractivity contribution in [2.45, 2.75) is 13.0 Å². The summed E-state index contributed by atoms with van der Waals surface area (Å²) in [5, 5.41) is 4.51. The summed E-state index contributed by atoms with van der Waals surface area (Å²) in [6, 6.07) is 3.77. The number of nitrogens with one attached hydrogen (secondary N) is 1. The molecule has 0 radical (unpaired) electrons. The Balaban J connectivity index is 2.33. The number of amides is 1. The van der Waals surface area contributed by atoms with Gasteiger partial charge in [-0.05, 0) is 24.4 Å². The molecule has 6 heteroatoms. The number of rotatable bonds is 7. The van der Waals surface area contributed by atoms with E-state index in [0.717, 1.165) is 4.88 Å². The molecule has 0 unspecified atom stereocenters. The molecule has 0 spiro atoms. The lowest BCUT2D eigenvalue weighted by Gasteiger charge is -2.11. The highest BCUT2D eigenvalue weighted by Crippen LogP contribution is 2.10. The van der Waals surface area contributed by atoms with Gasteiger partial charge in [0.2, 0.25) is 0 Å². The van der Waals surface area contributed by atoms with E-state index in [9.17, 15) is 9.59 Å². The maximum atomic E-state index is 11.5. The number of thiophene rings is 1. The molecule has 1 aromatic heterocycles. The van der Waals surface area contributed by atoms with Gasteiger partial charge < -0.3 is 14.8 Å². The highest BCUT2D eigenvalue weighted by atomic mass is 32.1. The van der Waals surface area contributed by atoms with Crippen LogP contribution < -0.4 is 5.32 Å². The molecule has 0 bridgehead atoms. The maximum absolute atomic E-state index is 11.5. The first kappa shape index (κ1) is 15.4. The summed E-state index contributed by atoms with van der Waals surface area (Å²) in [7, 11) is 1.55. The molecule has 1 aromatic rings. The van der Waals surface area contributed by atoms with Gasteiger partial charge in [0, 0.05) is 24.6 Å². The number of hydrogen-bond acceptors (Lipinski definition) is 5. The first-order valence-corrected chi connectivity index (χ1v) is 6.70. The SMILES string of the molecule is COCCNC(=O)[C@H](C)OC(=O)/C=C/c1cccs1. The van der Waals surface area contributed by atoms with Crippen LogP contribution in [-0.2, 0) is 19.1 Å². The van der Waals surface area contributed by atoms with Crippen molar-refractivity contribution < 1.29 is 19.1 Å². The van der Waals surface area contributed by atoms with Gasteiger partial charge in [0.05, 0.1) is 6.61 Å². The molecule has 19 heavy (non-hydrogen) atoms. The molecule has 1 atom stereocenters. The molecule has 0 fully saturated rings. The second-order valence-corrected chi connectivity index (χ2v) is 4.69. The largest absolute Gasteiger partial charge is 0.449 e. The van der Waals surface area contributed by atoms with Gasteiger partial charge in [0.25, 0.3) is 5.91 Å². The molecule has 104 valence electrons. The summed E-state index contributed by atoms with van der Waals surface area (Å²) in [6.45, 7) is 2.34. The second-order valence-electron chi connectivity index (χ2n) is 3.71. The first-order chi connectivity index (χ1) is 9.13. The van der Waals surface area contributed by atoms with E-state index >= 15 is 0 Å². The minimum Gasteiger partial charge on any atom is -0.449 e. The standard InChI is InChI=1S/C13H17NO4S/c1-10(13(16)14-7-8-17-2)18-12(15)6-5-11-4-3-9-19-11/h3-6,9-10H,7-8H2,1-2H3,(H,14,16)/b6-5+/t10-/m0/s1. The van der Waals surface area contributed by atoms with Crippen molar-refractivity contribution in [1.29, 1.82) is 0 Å². The Labute approximate surface area is 116 Å². The smallest absolute Gasteiger partial charge is 0.331 e. The summed E-state index contributed by atoms with van der Waals surface area (Å²) < 4.78 is 9.77. The minimum absolute atomic E-state index is 0.338. The zero-order valence-electron chi connectivity index (χ0n) is 10.9. The molecule has 1 amide bonds. The van der Waals surface area contributed by atoms with E-state index in [0.29, 0.717) is 13.2 Å². The normalized spacial score (nSPS) is 12.3. The second kappa shape index (κ2) is 8.44. The van der Waals surface area contributed by atoms with Gasteiger partial charge >= 0.3 is 5.97 Å². The number of hydrogen-bond donors (Lipinski definition) is 1. The molecule has 0 aromatic carbocycles. The Bertz CT molecular complexity index is 428. The van der Waals surface area contributed by atoms with Gasteiger partial charge in [0.1, 0.15) is 0 Å². The Morgan fingerprint density at radius 1 is 1.53 bits per heavy atom. The van der Waals surface area contributed by atoms with Crippen LogP contribution in [-0.4, -0.2) is 38.2 Å². The molecular weight excluding hydrogens is 266 g/mol. The van der Waals surface area contributed by atoms with Crippen molar-refractivity contribution >= 4 is 29.3 Å². The molecular formula is C13H17NO4S. The van der Waals surface area contributed by atoms with Gasteiger partial charge in [-0.3, -0.25) is 4.79 Å². The summed E-state index contributed by atoms with van der Waals surface area (Å²) >= 11 is 1.52. The number of methoxy groups -OCH3 is 1. The van der Waals surface area contributed by atoms with E-state index in [1.54, 1.807) is 13.2 Å². The molecule has 0 aliphatic carbocycles. The fraction of sp³-hybridized carbons (Fsp3) is 0.385. The van der Waals surface area contributed by atoms with Crippen LogP contribution in [0.2, 0.25) is 0 Å². The van der Waals surface area contributed by atoms with E-state index in [-0.39, 0.29) is 5.91 Å². The zero-order valence-corrected chi connectivity index (χ0v) is 11.7. The third-order valence-corrected chi connectivity index (χ3v) is 3.03. The summed E-state index contributed by atoms with van der Waals surface area (Å²) in [5.41, 5.74) is 0. The molecule has 0 aliphatic heterocycles. The van der Waals surface area contributed by atoms with Crippen LogP contribution in [0.3, 0.4) is 0 Å². The van der Waals surface area contributed by atoms with Gasteiger partial charge in [-0.15, -0.1) is 11.3 Å². The fourth-order valence-electron chi connectivity index (χ4n) is 1.22. The van der Waals surface area contributed by atoms with Crippen LogP contribution in [0.25, 0.3) is 6.08 Å². The number of esters is 1. The van der Waals surface area contributed by atoms with E-state index < -0.39 is 12.1 Å². The van der Waals surface area contributed by atoms with Crippen molar-refractivity contribution in [3.63, 3.8) is 0 Å². The molecule has 1 heterocycles. The van der Waals surface area contributed by atoms with Gasteiger partial charge in [0.15, 0.2) is 6.10 Å². The van der Waals surface area contributed by atoms with Crippen LogP contribution in [0.15, 0.2) is 23.6 Å². The average molecular weight is 283 g/mol. The highest BCUT2D eigenvalue weighted by Gasteiger charge is 2.15. The van der Waals surface area contributed by atoms with Crippen LogP contribution >= 0.6 is 11.3 Å². The molecule has 5 nitrogen and oxygen atoms in total. The third-order valence-electron chi connectivity index (χ3n) is 2.19. The predicted molar refractivity (Wildman–Crippen MR) is 73.8 cm³/mol. The van der Waals surface area contributed by atoms with Crippen LogP contribution in [0.4, 0.5) is 0 Å². The Morgan fingerprint density at radius 2 is 2.32 bits per heavy atom. The Hall–Kier alpha value is -1.66. The minimum atomic E-state index is -0.822. The van der Waals surface area contributed by atoms with E-state index in [2.05, 4.69) is 5.32 Å². The average Bonchev–Trinajstić information content (AvgIpc) is 2.89. The van der Waals surface area contributed by atoms with Crippen molar-refractivity contribution in [2.75, 3.05) is 20.3 Å². The quantitative estimate of drug-likeness (QED) is 0.467. The van der Waals surface area contributed by atoms with E-state index in [1.165, 1.54) is 24.3 Å². The maximum Gasteiger partial charge on any atom is 0.331 e. The van der Waals surface area contributed by atoms with E-state index in [1.807, 2.05) is 17.5 Å². The molecule has 0 aliphatic rings. The Kier molecular flexibility index (Phi) is 6.84. The summed E-state index contributed by atoms with van der Waals surface area (Å²) in [5.74, 6) is -0.877. The monoisotopic (exact) mass is 283 g/mol. The van der Waals surface area contributed by atoms with Crippen molar-refractivity contribution in [3.05, 3.63) is 28.5 Å². The highest BCUT2D eigenvalue weighted by molar-refractivity contribution is 7.10. The van der Waals surface area contributed by atoms with Crippen LogP contribution in [0, 0.1) is 0 Å². The molecule has 0 saturated heterocycles. The first-order valence-electron chi connectivity index (χ1n) is 5.82. The molecule has 0 saturated carbocycles. The van der Waals surface area contributed by atoms with Crippen molar-refractivity contribution in [1.82, 2.24) is 5.32 Å². The number of carbonyl (C=O) groups is 2. The molecule has 1 rings (SSSR count). The van der Waals surface area contributed by atoms with Gasteiger partial charge in [-0.25, -0.2) is 4.79 Å². The third kappa shape index (κ3) is 6.17. The molecule has 1 N–H and O–H groups in total.